The maximum absolute atomic E-state index is 11.4. The first-order valence-electron chi connectivity index (χ1n) is 6.10. The Bertz CT molecular complexity index is 221. The van der Waals surface area contributed by atoms with Crippen molar-refractivity contribution in [2.75, 3.05) is 13.2 Å². The molecule has 0 aliphatic carbocycles. The van der Waals surface area contributed by atoms with Crippen molar-refractivity contribution in [3.05, 3.63) is 11.6 Å². The zero-order valence-corrected chi connectivity index (χ0v) is 10.7. The Balaban J connectivity index is 3.92. The molecule has 0 aromatic carbocycles. The monoisotopic (exact) mass is 228 g/mol. The minimum absolute atomic E-state index is 0.117. The number of aliphatic hydroxyl groups excluding tert-OH is 1. The summed E-state index contributed by atoms with van der Waals surface area (Å²) in [5, 5.41) is 8.64. The molecule has 0 amide bonds. The van der Waals surface area contributed by atoms with Gasteiger partial charge in [0.2, 0.25) is 0 Å². The van der Waals surface area contributed by atoms with Gasteiger partial charge in [-0.2, -0.15) is 0 Å². The molecule has 0 saturated carbocycles. The van der Waals surface area contributed by atoms with Crippen LogP contribution in [0.5, 0.6) is 0 Å². The first-order valence-corrected chi connectivity index (χ1v) is 6.10. The number of ether oxygens (including phenoxy) is 1. The Morgan fingerprint density at radius 1 is 1.44 bits per heavy atom. The van der Waals surface area contributed by atoms with Crippen LogP contribution in [0.1, 0.15) is 46.5 Å². The Morgan fingerprint density at radius 2 is 2.12 bits per heavy atom. The second-order valence-corrected chi connectivity index (χ2v) is 4.08. The highest BCUT2D eigenvalue weighted by Gasteiger charge is 2.10. The predicted molar refractivity (Wildman–Crippen MR) is 65.1 cm³/mol. The lowest BCUT2D eigenvalue weighted by Gasteiger charge is -2.14. The fourth-order valence-corrected chi connectivity index (χ4v) is 1.43. The summed E-state index contributed by atoms with van der Waals surface area (Å²) in [6.07, 6.45) is 5.98. The molecule has 0 aliphatic heterocycles. The number of unbranched alkanes of at least 4 members (excludes halogenated alkanes) is 1. The molecule has 94 valence electrons. The fraction of sp³-hybridized carbons (Fsp3) is 0.769. The summed E-state index contributed by atoms with van der Waals surface area (Å²) < 4.78 is 5.19. The topological polar surface area (TPSA) is 46.5 Å². The fourth-order valence-electron chi connectivity index (χ4n) is 1.43. The molecular formula is C13H24O3. The Hall–Kier alpha value is -0.830. The Labute approximate surface area is 98.5 Å². The highest BCUT2D eigenvalue weighted by molar-refractivity contribution is 5.87. The Morgan fingerprint density at radius 3 is 2.62 bits per heavy atom. The molecule has 16 heavy (non-hydrogen) atoms. The molecular weight excluding hydrogens is 204 g/mol. The number of carbonyl (C=O) groups excluding carboxylic acids is 1. The number of esters is 1. The number of carbonyl (C=O) groups is 1. The molecule has 0 aromatic heterocycles. The first-order chi connectivity index (χ1) is 7.65. The normalized spacial score (nSPS) is 13.6. The summed E-state index contributed by atoms with van der Waals surface area (Å²) in [5.41, 5.74) is 0.479. The van der Waals surface area contributed by atoms with Gasteiger partial charge in [-0.05, 0) is 25.3 Å². The minimum atomic E-state index is -0.316. The number of rotatable bonds is 8. The summed E-state index contributed by atoms with van der Waals surface area (Å²) in [6.45, 7) is 6.31. The minimum Gasteiger partial charge on any atom is -0.462 e. The van der Waals surface area contributed by atoms with E-state index < -0.39 is 0 Å². The van der Waals surface area contributed by atoms with E-state index in [1.807, 2.05) is 0 Å². The van der Waals surface area contributed by atoms with Gasteiger partial charge in [0.15, 0.2) is 0 Å². The van der Waals surface area contributed by atoms with Gasteiger partial charge >= 0.3 is 5.97 Å². The van der Waals surface area contributed by atoms with Crippen molar-refractivity contribution >= 4 is 5.97 Å². The Kier molecular flexibility index (Phi) is 8.91. The smallest absolute Gasteiger partial charge is 0.333 e. The molecule has 0 rings (SSSR count). The highest BCUT2D eigenvalue weighted by atomic mass is 16.5. The summed E-state index contributed by atoms with van der Waals surface area (Å²) >= 11 is 0. The van der Waals surface area contributed by atoms with Crippen molar-refractivity contribution in [3.63, 3.8) is 0 Å². The van der Waals surface area contributed by atoms with Crippen molar-refractivity contribution in [2.24, 2.45) is 5.92 Å². The van der Waals surface area contributed by atoms with Crippen molar-refractivity contribution in [2.45, 2.75) is 46.5 Å². The van der Waals surface area contributed by atoms with Gasteiger partial charge in [-0.3, -0.25) is 0 Å². The lowest BCUT2D eigenvalue weighted by Crippen LogP contribution is -2.14. The predicted octanol–water partition coefficient (Wildman–Crippen LogP) is 2.68. The van der Waals surface area contributed by atoms with Gasteiger partial charge in [0.25, 0.3) is 0 Å². The van der Waals surface area contributed by atoms with E-state index in [9.17, 15) is 4.79 Å². The van der Waals surface area contributed by atoms with Crippen LogP contribution < -0.4 is 0 Å². The molecule has 0 fully saturated rings. The summed E-state index contributed by atoms with van der Waals surface area (Å²) in [5.74, 6) is 0.148. The maximum atomic E-state index is 11.4. The largest absolute Gasteiger partial charge is 0.462 e. The van der Waals surface area contributed by atoms with Crippen molar-refractivity contribution in [1.82, 2.24) is 0 Å². The van der Waals surface area contributed by atoms with E-state index in [-0.39, 0.29) is 12.6 Å². The van der Waals surface area contributed by atoms with Crippen LogP contribution in [0.15, 0.2) is 11.6 Å². The molecule has 0 aliphatic rings. The quantitative estimate of drug-likeness (QED) is 0.513. The van der Waals surface area contributed by atoms with Crippen LogP contribution in [0.2, 0.25) is 0 Å². The average Bonchev–Trinajstić information content (AvgIpc) is 2.29. The third-order valence-electron chi connectivity index (χ3n) is 2.71. The number of hydrogen-bond acceptors (Lipinski definition) is 3. The van der Waals surface area contributed by atoms with E-state index in [0.29, 0.717) is 18.1 Å². The zero-order valence-electron chi connectivity index (χ0n) is 10.7. The molecule has 0 heterocycles. The summed E-state index contributed by atoms with van der Waals surface area (Å²) in [4.78, 5) is 11.4. The van der Waals surface area contributed by atoms with Crippen LogP contribution in [0.4, 0.5) is 0 Å². The van der Waals surface area contributed by atoms with Crippen molar-refractivity contribution in [3.8, 4) is 0 Å². The molecule has 0 bridgehead atoms. The molecule has 0 spiro atoms. The lowest BCUT2D eigenvalue weighted by molar-refractivity contribution is -0.140. The molecule has 1 N–H and O–H groups in total. The van der Waals surface area contributed by atoms with Crippen LogP contribution in [0.25, 0.3) is 0 Å². The standard InChI is InChI=1S/C13H24O3/c1-4-6-7-12(5-2)10-16-13(15)11(3)8-9-14/h8,12,14H,4-7,9-10H2,1-3H3. The molecule has 1 atom stereocenters. The van der Waals surface area contributed by atoms with Crippen molar-refractivity contribution in [1.29, 1.82) is 0 Å². The molecule has 1 unspecified atom stereocenters. The third kappa shape index (κ3) is 6.62. The van der Waals surface area contributed by atoms with E-state index in [1.54, 1.807) is 6.92 Å². The van der Waals surface area contributed by atoms with Crippen molar-refractivity contribution < 1.29 is 14.6 Å². The van der Waals surface area contributed by atoms with E-state index in [2.05, 4.69) is 13.8 Å². The third-order valence-corrected chi connectivity index (χ3v) is 2.71. The maximum Gasteiger partial charge on any atom is 0.333 e. The van der Waals surface area contributed by atoms with Crippen LogP contribution >= 0.6 is 0 Å². The van der Waals surface area contributed by atoms with E-state index in [4.69, 9.17) is 9.84 Å². The van der Waals surface area contributed by atoms with Gasteiger partial charge < -0.3 is 9.84 Å². The van der Waals surface area contributed by atoms with Gasteiger partial charge in [0.05, 0.1) is 13.2 Å². The molecule has 3 heteroatoms. The molecule has 0 radical (unpaired) electrons. The van der Waals surface area contributed by atoms with Gasteiger partial charge in [0, 0.05) is 5.57 Å². The van der Waals surface area contributed by atoms with Gasteiger partial charge in [-0.25, -0.2) is 4.79 Å². The van der Waals surface area contributed by atoms with Gasteiger partial charge in [-0.1, -0.05) is 33.1 Å². The van der Waals surface area contributed by atoms with Crippen LogP contribution in [-0.2, 0) is 9.53 Å². The molecule has 0 saturated heterocycles. The number of hydrogen-bond donors (Lipinski definition) is 1. The summed E-state index contributed by atoms with van der Waals surface area (Å²) in [6, 6.07) is 0. The van der Waals surface area contributed by atoms with Crippen LogP contribution in [0, 0.1) is 5.92 Å². The van der Waals surface area contributed by atoms with Crippen LogP contribution in [0.3, 0.4) is 0 Å². The second kappa shape index (κ2) is 9.40. The SMILES string of the molecule is CCCCC(CC)COC(=O)C(C)=CCO. The molecule has 3 nitrogen and oxygen atoms in total. The second-order valence-electron chi connectivity index (χ2n) is 4.08. The first kappa shape index (κ1) is 15.2. The molecule has 0 aromatic rings. The van der Waals surface area contributed by atoms with Gasteiger partial charge in [0.1, 0.15) is 0 Å². The summed E-state index contributed by atoms with van der Waals surface area (Å²) in [7, 11) is 0. The average molecular weight is 228 g/mol. The highest BCUT2D eigenvalue weighted by Crippen LogP contribution is 2.13. The van der Waals surface area contributed by atoms with E-state index in [1.165, 1.54) is 18.9 Å². The van der Waals surface area contributed by atoms with Gasteiger partial charge in [-0.15, -0.1) is 0 Å². The van der Waals surface area contributed by atoms with E-state index in [0.717, 1.165) is 12.8 Å². The zero-order chi connectivity index (χ0) is 12.4. The van der Waals surface area contributed by atoms with Crippen LogP contribution in [-0.4, -0.2) is 24.3 Å². The number of aliphatic hydroxyl groups is 1. The van der Waals surface area contributed by atoms with E-state index >= 15 is 0 Å². The lowest BCUT2D eigenvalue weighted by atomic mass is 10.0.